The monoisotopic (exact) mass is 398 g/mol. The molecule has 0 fully saturated rings. The van der Waals surface area contributed by atoms with Crippen LogP contribution in [0.4, 0.5) is 5.95 Å². The molecule has 148 valence electrons. The van der Waals surface area contributed by atoms with Gasteiger partial charge in [0.1, 0.15) is 12.6 Å². The van der Waals surface area contributed by atoms with Gasteiger partial charge in [-0.05, 0) is 40.6 Å². The zero-order valence-corrected chi connectivity index (χ0v) is 16.2. The average Bonchev–Trinajstić information content (AvgIpc) is 3.25. The van der Waals surface area contributed by atoms with Crippen molar-refractivity contribution < 1.29 is 9.53 Å². The van der Waals surface area contributed by atoms with Gasteiger partial charge < -0.3 is 10.1 Å². The number of benzene rings is 2. The first kappa shape index (κ1) is 18.0. The van der Waals surface area contributed by atoms with Gasteiger partial charge >= 0.3 is 5.97 Å². The van der Waals surface area contributed by atoms with Gasteiger partial charge in [-0.25, -0.2) is 4.79 Å². The molecule has 1 aliphatic heterocycles. The molecule has 0 radical (unpaired) electrons. The van der Waals surface area contributed by atoms with E-state index in [1.807, 2.05) is 67.6 Å². The number of esters is 1. The van der Waals surface area contributed by atoms with Crippen molar-refractivity contribution in [3.05, 3.63) is 89.3 Å². The van der Waals surface area contributed by atoms with Gasteiger partial charge in [0, 0.05) is 17.3 Å². The first-order valence-corrected chi connectivity index (χ1v) is 9.53. The normalized spacial score (nSPS) is 15.6. The lowest BCUT2D eigenvalue weighted by molar-refractivity contribution is -0.140. The lowest BCUT2D eigenvalue weighted by Gasteiger charge is -2.28. The molecule has 4 aromatic rings. The summed E-state index contributed by atoms with van der Waals surface area (Å²) in [5, 5.41) is 16.0. The second-order valence-corrected chi connectivity index (χ2v) is 6.99. The van der Waals surface area contributed by atoms with Gasteiger partial charge in [0.05, 0.1) is 11.1 Å². The summed E-state index contributed by atoms with van der Waals surface area (Å²) in [7, 11) is 0. The molecule has 0 saturated heterocycles. The molecule has 1 aliphatic rings. The maximum absolute atomic E-state index is 13.2. The number of nitrogens with zero attached hydrogens (tertiary/aromatic N) is 5. The molecule has 5 rings (SSSR count). The third-order valence-corrected chi connectivity index (χ3v) is 5.12. The second kappa shape index (κ2) is 7.40. The molecule has 0 bridgehead atoms. The maximum Gasteiger partial charge on any atom is 0.338 e. The summed E-state index contributed by atoms with van der Waals surface area (Å²) in [4.78, 5) is 17.7. The molecule has 3 heterocycles. The highest BCUT2D eigenvalue weighted by Gasteiger charge is 2.35. The number of rotatable bonds is 4. The molecule has 2 aromatic heterocycles. The van der Waals surface area contributed by atoms with Crippen LogP contribution in [-0.2, 0) is 16.1 Å². The van der Waals surface area contributed by atoms with E-state index in [2.05, 4.69) is 25.8 Å². The van der Waals surface area contributed by atoms with Gasteiger partial charge in [-0.3, -0.25) is 4.98 Å². The molecule has 1 atom stereocenters. The van der Waals surface area contributed by atoms with Crippen LogP contribution in [0.2, 0.25) is 0 Å². The van der Waals surface area contributed by atoms with E-state index >= 15 is 0 Å². The van der Waals surface area contributed by atoms with Crippen LogP contribution in [0.25, 0.3) is 10.9 Å². The number of anilines is 1. The van der Waals surface area contributed by atoms with Crippen molar-refractivity contribution in [3.8, 4) is 0 Å². The molecule has 1 unspecified atom stereocenters. The molecule has 0 saturated carbocycles. The van der Waals surface area contributed by atoms with E-state index in [1.54, 1.807) is 10.9 Å². The highest BCUT2D eigenvalue weighted by atomic mass is 16.5. The van der Waals surface area contributed by atoms with E-state index in [-0.39, 0.29) is 6.61 Å². The third kappa shape index (κ3) is 3.08. The van der Waals surface area contributed by atoms with E-state index in [4.69, 9.17) is 4.74 Å². The Balaban J connectivity index is 1.58. The van der Waals surface area contributed by atoms with Gasteiger partial charge in [-0.1, -0.05) is 53.6 Å². The van der Waals surface area contributed by atoms with Crippen LogP contribution in [0, 0.1) is 0 Å². The number of fused-ring (bicyclic) bond motifs is 2. The number of pyridine rings is 1. The van der Waals surface area contributed by atoms with Crippen LogP contribution >= 0.6 is 0 Å². The number of aromatic nitrogens is 5. The molecule has 0 amide bonds. The van der Waals surface area contributed by atoms with E-state index in [0.29, 0.717) is 17.2 Å². The Kier molecular flexibility index (Phi) is 4.44. The first-order chi connectivity index (χ1) is 14.7. The smallest absolute Gasteiger partial charge is 0.338 e. The summed E-state index contributed by atoms with van der Waals surface area (Å²) in [6.45, 7) is 2.01. The summed E-state index contributed by atoms with van der Waals surface area (Å²) in [6.07, 6.45) is 1.73. The van der Waals surface area contributed by atoms with Crippen LogP contribution < -0.4 is 5.32 Å². The first-order valence-electron chi connectivity index (χ1n) is 9.53. The fraction of sp³-hybridized carbons (Fsp3) is 0.136. The Morgan fingerprint density at radius 2 is 1.90 bits per heavy atom. The Morgan fingerprint density at radius 3 is 2.77 bits per heavy atom. The van der Waals surface area contributed by atoms with Crippen LogP contribution in [0.15, 0.2) is 78.1 Å². The van der Waals surface area contributed by atoms with Gasteiger partial charge in [-0.15, -0.1) is 0 Å². The van der Waals surface area contributed by atoms with Crippen molar-refractivity contribution in [2.75, 3.05) is 5.32 Å². The van der Waals surface area contributed by atoms with Crippen LogP contribution in [0.1, 0.15) is 24.1 Å². The highest BCUT2D eigenvalue weighted by molar-refractivity contribution is 5.94. The fourth-order valence-corrected chi connectivity index (χ4v) is 3.72. The van der Waals surface area contributed by atoms with Crippen molar-refractivity contribution in [1.29, 1.82) is 0 Å². The Labute approximate surface area is 172 Å². The Bertz CT molecular complexity index is 1260. The minimum atomic E-state index is -0.535. The number of para-hydroxylation sites is 1. The summed E-state index contributed by atoms with van der Waals surface area (Å²) in [5.74, 6) is 0.0499. The number of carbonyl (C=O) groups excluding carboxylic acids is 1. The molecular weight excluding hydrogens is 380 g/mol. The van der Waals surface area contributed by atoms with E-state index in [9.17, 15) is 4.79 Å². The second-order valence-electron chi connectivity index (χ2n) is 6.99. The lowest BCUT2D eigenvalue weighted by Crippen LogP contribution is -2.29. The van der Waals surface area contributed by atoms with Gasteiger partial charge in [0.15, 0.2) is 0 Å². The maximum atomic E-state index is 13.2. The van der Waals surface area contributed by atoms with Crippen molar-refractivity contribution in [1.82, 2.24) is 25.2 Å². The molecule has 30 heavy (non-hydrogen) atoms. The summed E-state index contributed by atoms with van der Waals surface area (Å²) < 4.78 is 7.26. The van der Waals surface area contributed by atoms with Crippen molar-refractivity contribution >= 4 is 22.8 Å². The van der Waals surface area contributed by atoms with E-state index < -0.39 is 12.0 Å². The standard InChI is InChI=1S/C22H18N6O2/c1-14-19(21(29)30-13-15-7-3-2-4-8-15)20(28-22(24-14)25-26-27-28)17-11-12-23-18-10-6-5-9-16(17)18/h2-12,20H,13H2,1H3,(H,24,25,27). The molecule has 0 aliphatic carbocycles. The SMILES string of the molecule is CC1=C(C(=O)OCc2ccccc2)C(c2ccnc3ccccc23)n2nnnc2N1. The minimum absolute atomic E-state index is 0.183. The number of hydrogen-bond acceptors (Lipinski definition) is 7. The van der Waals surface area contributed by atoms with Gasteiger partial charge in [-0.2, -0.15) is 4.68 Å². The highest BCUT2D eigenvalue weighted by Crippen LogP contribution is 2.37. The van der Waals surface area contributed by atoms with Gasteiger partial charge in [0.2, 0.25) is 5.95 Å². The predicted octanol–water partition coefficient (Wildman–Crippen LogP) is 3.25. The number of tetrazole rings is 1. The topological polar surface area (TPSA) is 94.8 Å². The summed E-state index contributed by atoms with van der Waals surface area (Å²) >= 11 is 0. The summed E-state index contributed by atoms with van der Waals surface area (Å²) in [5.41, 5.74) is 3.74. The average molecular weight is 398 g/mol. The van der Waals surface area contributed by atoms with Gasteiger partial charge in [0.25, 0.3) is 0 Å². The quantitative estimate of drug-likeness (QED) is 0.527. The number of ether oxygens (including phenoxy) is 1. The Morgan fingerprint density at radius 1 is 1.10 bits per heavy atom. The van der Waals surface area contributed by atoms with E-state index in [1.165, 1.54) is 0 Å². The summed E-state index contributed by atoms with van der Waals surface area (Å²) in [6, 6.07) is 18.7. The zero-order valence-electron chi connectivity index (χ0n) is 16.2. The number of carbonyl (C=O) groups is 1. The predicted molar refractivity (Wildman–Crippen MR) is 110 cm³/mol. The van der Waals surface area contributed by atoms with Crippen LogP contribution in [0.3, 0.4) is 0 Å². The molecule has 8 heteroatoms. The Hall–Kier alpha value is -4.07. The van der Waals surface area contributed by atoms with Crippen molar-refractivity contribution in [2.24, 2.45) is 0 Å². The molecular formula is C22H18N6O2. The largest absolute Gasteiger partial charge is 0.457 e. The number of nitrogens with one attached hydrogen (secondary N) is 1. The zero-order chi connectivity index (χ0) is 20.5. The minimum Gasteiger partial charge on any atom is -0.457 e. The van der Waals surface area contributed by atoms with Crippen molar-refractivity contribution in [3.63, 3.8) is 0 Å². The fourth-order valence-electron chi connectivity index (χ4n) is 3.72. The van der Waals surface area contributed by atoms with Crippen molar-refractivity contribution in [2.45, 2.75) is 19.6 Å². The number of hydrogen-bond donors (Lipinski definition) is 1. The molecule has 8 nitrogen and oxygen atoms in total. The molecule has 2 aromatic carbocycles. The number of allylic oxidation sites excluding steroid dienone is 1. The lowest BCUT2D eigenvalue weighted by atomic mass is 9.93. The van der Waals surface area contributed by atoms with Crippen LogP contribution in [-0.4, -0.2) is 31.2 Å². The molecule has 1 N–H and O–H groups in total. The van der Waals surface area contributed by atoms with Crippen LogP contribution in [0.5, 0.6) is 0 Å². The molecule has 0 spiro atoms. The van der Waals surface area contributed by atoms with E-state index in [0.717, 1.165) is 22.0 Å². The third-order valence-electron chi connectivity index (χ3n) is 5.12.